The number of rotatable bonds is 6. The third-order valence-electron chi connectivity index (χ3n) is 5.84. The van der Waals surface area contributed by atoms with Gasteiger partial charge in [0, 0.05) is 5.41 Å². The molecule has 0 aliphatic heterocycles. The maximum absolute atomic E-state index is 11.4. The smallest absolute Gasteiger partial charge is 0.437 e. The average Bonchev–Trinajstić information content (AvgIpc) is 3.00. The second-order valence-electron chi connectivity index (χ2n) is 8.30. The van der Waals surface area contributed by atoms with Gasteiger partial charge in [0.1, 0.15) is 5.76 Å². The fraction of sp³-hybridized carbons (Fsp3) is 0.296. The minimum absolute atomic E-state index is 0.0205. The van der Waals surface area contributed by atoms with Crippen molar-refractivity contribution in [3.8, 4) is 0 Å². The highest BCUT2D eigenvalue weighted by Crippen LogP contribution is 2.56. The molecule has 0 aromatic heterocycles. The Bertz CT molecular complexity index is 982. The molecule has 3 nitrogen and oxygen atoms in total. The fourth-order valence-corrected chi connectivity index (χ4v) is 4.67. The first kappa shape index (κ1) is 21.6. The molecule has 0 fully saturated rings. The Morgan fingerprint density at radius 3 is 2.30 bits per heavy atom. The normalized spacial score (nSPS) is 20.1. The lowest BCUT2D eigenvalue weighted by molar-refractivity contribution is 0.100. The van der Waals surface area contributed by atoms with Crippen LogP contribution in [0.25, 0.3) is 0 Å². The number of fused-ring (bicyclic) bond motifs is 1. The van der Waals surface area contributed by atoms with Crippen molar-refractivity contribution in [1.29, 1.82) is 0 Å². The molecule has 1 unspecified atom stereocenters. The SMILES string of the molecule is C=C(/C=C\C(=C/CC)C1(c2ccccc2)CC(C)(C)c2ccccc21)OC(=O)OC. The standard InChI is InChI=1S/C27H30O3/c1-6-12-21(18-17-20(2)30-25(28)29-5)27(22-13-8-7-9-14-22)19-26(3,4)23-15-10-11-16-24(23)27/h7-18H,2,6,19H2,1,3-5H3/b18-17-,21-12+. The van der Waals surface area contributed by atoms with Crippen LogP contribution in [0.15, 0.2) is 90.7 Å². The molecule has 30 heavy (non-hydrogen) atoms. The average molecular weight is 403 g/mol. The van der Waals surface area contributed by atoms with E-state index in [2.05, 4.69) is 86.7 Å². The number of carbonyl (C=O) groups excluding carboxylic acids is 1. The molecule has 0 heterocycles. The van der Waals surface area contributed by atoms with Crippen LogP contribution in [0.1, 0.15) is 50.3 Å². The highest BCUT2D eigenvalue weighted by Gasteiger charge is 2.49. The topological polar surface area (TPSA) is 35.5 Å². The van der Waals surface area contributed by atoms with Crippen molar-refractivity contribution in [3.63, 3.8) is 0 Å². The van der Waals surface area contributed by atoms with Gasteiger partial charge in [0.2, 0.25) is 0 Å². The Kier molecular flexibility index (Phi) is 6.31. The van der Waals surface area contributed by atoms with E-state index < -0.39 is 6.16 Å². The minimum Gasteiger partial charge on any atom is -0.437 e. The Labute approximate surface area is 179 Å². The van der Waals surface area contributed by atoms with Gasteiger partial charge < -0.3 is 9.47 Å². The molecule has 0 spiro atoms. The zero-order valence-electron chi connectivity index (χ0n) is 18.3. The molecule has 0 saturated heterocycles. The number of allylic oxidation sites excluding steroid dienone is 4. The molecule has 0 bridgehead atoms. The summed E-state index contributed by atoms with van der Waals surface area (Å²) >= 11 is 0. The molecule has 0 saturated carbocycles. The lowest BCUT2D eigenvalue weighted by Gasteiger charge is -2.35. The summed E-state index contributed by atoms with van der Waals surface area (Å²) in [6.07, 6.45) is 7.10. The lowest BCUT2D eigenvalue weighted by Crippen LogP contribution is -2.29. The summed E-state index contributed by atoms with van der Waals surface area (Å²) in [4.78, 5) is 11.4. The van der Waals surface area contributed by atoms with Crippen molar-refractivity contribution in [2.24, 2.45) is 0 Å². The lowest BCUT2D eigenvalue weighted by atomic mass is 9.67. The van der Waals surface area contributed by atoms with E-state index in [9.17, 15) is 4.79 Å². The Balaban J connectivity index is 2.17. The van der Waals surface area contributed by atoms with E-state index >= 15 is 0 Å². The predicted molar refractivity (Wildman–Crippen MR) is 121 cm³/mol. The first-order valence-corrected chi connectivity index (χ1v) is 10.3. The van der Waals surface area contributed by atoms with Gasteiger partial charge in [-0.1, -0.05) is 94.1 Å². The number of ether oxygens (including phenoxy) is 2. The van der Waals surface area contributed by atoms with Gasteiger partial charge in [0.05, 0.1) is 7.11 Å². The van der Waals surface area contributed by atoms with E-state index in [1.54, 1.807) is 6.08 Å². The largest absolute Gasteiger partial charge is 0.513 e. The van der Waals surface area contributed by atoms with Gasteiger partial charge in [-0.25, -0.2) is 4.79 Å². The molecule has 1 aliphatic carbocycles. The number of carbonyl (C=O) groups is 1. The van der Waals surface area contributed by atoms with Gasteiger partial charge in [0.15, 0.2) is 0 Å². The Morgan fingerprint density at radius 2 is 1.67 bits per heavy atom. The van der Waals surface area contributed by atoms with Crippen molar-refractivity contribution in [2.45, 2.75) is 44.4 Å². The van der Waals surface area contributed by atoms with Crippen molar-refractivity contribution in [1.82, 2.24) is 0 Å². The molecule has 0 radical (unpaired) electrons. The first-order chi connectivity index (χ1) is 14.3. The van der Waals surface area contributed by atoms with Gasteiger partial charge in [-0.3, -0.25) is 0 Å². The quantitative estimate of drug-likeness (QED) is 0.301. The number of methoxy groups -OCH3 is 1. The van der Waals surface area contributed by atoms with Crippen LogP contribution in [-0.2, 0) is 20.3 Å². The molecule has 2 aromatic rings. The van der Waals surface area contributed by atoms with E-state index in [1.807, 2.05) is 12.1 Å². The third-order valence-corrected chi connectivity index (χ3v) is 5.84. The Hall–Kier alpha value is -3.07. The van der Waals surface area contributed by atoms with E-state index in [1.165, 1.54) is 29.4 Å². The third kappa shape index (κ3) is 3.97. The molecular weight excluding hydrogens is 372 g/mol. The summed E-state index contributed by atoms with van der Waals surface area (Å²) in [5, 5.41) is 0. The fourth-order valence-electron chi connectivity index (χ4n) is 4.67. The van der Waals surface area contributed by atoms with E-state index in [0.29, 0.717) is 0 Å². The van der Waals surface area contributed by atoms with Gasteiger partial charge >= 0.3 is 6.16 Å². The summed E-state index contributed by atoms with van der Waals surface area (Å²) in [5.41, 5.74) is 4.85. The van der Waals surface area contributed by atoms with Crippen LogP contribution >= 0.6 is 0 Å². The summed E-state index contributed by atoms with van der Waals surface area (Å²) in [7, 11) is 1.28. The summed E-state index contributed by atoms with van der Waals surface area (Å²) in [5.74, 6) is 0.248. The molecule has 1 aliphatic rings. The van der Waals surface area contributed by atoms with Crippen LogP contribution in [0.4, 0.5) is 4.79 Å². The van der Waals surface area contributed by atoms with E-state index in [4.69, 9.17) is 4.74 Å². The molecule has 0 amide bonds. The highest BCUT2D eigenvalue weighted by molar-refractivity contribution is 5.63. The van der Waals surface area contributed by atoms with Crippen LogP contribution in [-0.4, -0.2) is 13.3 Å². The van der Waals surface area contributed by atoms with Gasteiger partial charge in [-0.05, 0) is 46.6 Å². The molecule has 1 atom stereocenters. The first-order valence-electron chi connectivity index (χ1n) is 10.3. The van der Waals surface area contributed by atoms with Crippen LogP contribution in [0.2, 0.25) is 0 Å². The van der Waals surface area contributed by atoms with Gasteiger partial charge in [0.25, 0.3) is 0 Å². The van der Waals surface area contributed by atoms with E-state index in [0.717, 1.165) is 12.8 Å². The summed E-state index contributed by atoms with van der Waals surface area (Å²) < 4.78 is 9.64. The summed E-state index contributed by atoms with van der Waals surface area (Å²) in [6.45, 7) is 10.6. The number of hydrogen-bond acceptors (Lipinski definition) is 3. The number of hydrogen-bond donors (Lipinski definition) is 0. The molecule has 0 N–H and O–H groups in total. The maximum Gasteiger partial charge on any atom is 0.513 e. The molecular formula is C27H30O3. The van der Waals surface area contributed by atoms with Crippen molar-refractivity contribution in [3.05, 3.63) is 107 Å². The maximum atomic E-state index is 11.4. The number of benzene rings is 2. The Morgan fingerprint density at radius 1 is 1.03 bits per heavy atom. The van der Waals surface area contributed by atoms with Gasteiger partial charge in [-0.15, -0.1) is 0 Å². The van der Waals surface area contributed by atoms with Crippen molar-refractivity contribution in [2.75, 3.05) is 7.11 Å². The highest BCUT2D eigenvalue weighted by atomic mass is 16.7. The predicted octanol–water partition coefficient (Wildman–Crippen LogP) is 6.84. The van der Waals surface area contributed by atoms with Crippen LogP contribution in [0.5, 0.6) is 0 Å². The van der Waals surface area contributed by atoms with Gasteiger partial charge in [-0.2, -0.15) is 0 Å². The molecule has 156 valence electrons. The zero-order chi connectivity index (χ0) is 21.8. The van der Waals surface area contributed by atoms with Crippen LogP contribution < -0.4 is 0 Å². The minimum atomic E-state index is -0.768. The molecule has 2 aromatic carbocycles. The summed E-state index contributed by atoms with van der Waals surface area (Å²) in [6, 6.07) is 19.4. The van der Waals surface area contributed by atoms with Crippen LogP contribution in [0, 0.1) is 0 Å². The molecule has 3 rings (SSSR count). The van der Waals surface area contributed by atoms with E-state index in [-0.39, 0.29) is 16.6 Å². The van der Waals surface area contributed by atoms with Crippen molar-refractivity contribution < 1.29 is 14.3 Å². The molecule has 3 heteroatoms. The second-order valence-corrected chi connectivity index (χ2v) is 8.30. The zero-order valence-corrected chi connectivity index (χ0v) is 18.3. The van der Waals surface area contributed by atoms with Crippen LogP contribution in [0.3, 0.4) is 0 Å². The monoisotopic (exact) mass is 402 g/mol. The van der Waals surface area contributed by atoms with Crippen molar-refractivity contribution >= 4 is 6.16 Å². The second kappa shape index (κ2) is 8.74.